The average molecular weight is 374 g/mol. The molecule has 0 unspecified atom stereocenters. The van der Waals surface area contributed by atoms with Crippen molar-refractivity contribution in [3.05, 3.63) is 29.1 Å². The fraction of sp³-hybridized carbons (Fsp3) is 0.421. The zero-order valence-electron chi connectivity index (χ0n) is 14.5. The molecule has 1 aromatic heterocycles. The van der Waals surface area contributed by atoms with Crippen molar-refractivity contribution in [2.75, 3.05) is 11.5 Å². The molecule has 0 spiro atoms. The normalized spacial score (nSPS) is 17.4. The molecule has 5 nitrogen and oxygen atoms in total. The number of carbonyl (C=O) groups is 2. The Morgan fingerprint density at radius 3 is 2.54 bits per heavy atom. The van der Waals surface area contributed by atoms with Crippen LogP contribution in [-0.2, 0) is 9.59 Å². The van der Waals surface area contributed by atoms with E-state index in [4.69, 9.17) is 4.74 Å². The van der Waals surface area contributed by atoms with Gasteiger partial charge in [0.25, 0.3) is 17.0 Å². The van der Waals surface area contributed by atoms with E-state index in [0.717, 1.165) is 30.6 Å². The summed E-state index contributed by atoms with van der Waals surface area (Å²) < 4.78 is 20.9. The van der Waals surface area contributed by atoms with Crippen LogP contribution < -0.4 is 9.64 Å². The van der Waals surface area contributed by atoms with Crippen LogP contribution in [0.5, 0.6) is 5.19 Å². The number of amides is 2. The summed E-state index contributed by atoms with van der Waals surface area (Å²) in [6.07, 6.45) is 4.89. The van der Waals surface area contributed by atoms with Crippen molar-refractivity contribution < 1.29 is 18.7 Å². The molecule has 1 aromatic carbocycles. The highest BCUT2D eigenvalue weighted by atomic mass is 32.1. The number of ether oxygens (including phenoxy) is 1. The van der Waals surface area contributed by atoms with Crippen LogP contribution in [0, 0.1) is 5.82 Å². The fourth-order valence-electron chi connectivity index (χ4n) is 3.41. The summed E-state index contributed by atoms with van der Waals surface area (Å²) in [4.78, 5) is 30.7. The van der Waals surface area contributed by atoms with E-state index in [1.165, 1.54) is 23.5 Å². The number of carbonyl (C=O) groups excluding carboxylic acids is 2. The third-order valence-electron chi connectivity index (χ3n) is 4.79. The van der Waals surface area contributed by atoms with Crippen molar-refractivity contribution >= 4 is 39.1 Å². The quantitative estimate of drug-likeness (QED) is 0.576. The van der Waals surface area contributed by atoms with Gasteiger partial charge in [-0.1, -0.05) is 24.7 Å². The highest BCUT2D eigenvalue weighted by Crippen LogP contribution is 2.39. The van der Waals surface area contributed by atoms with Crippen LogP contribution in [0.2, 0.25) is 0 Å². The highest BCUT2D eigenvalue weighted by Gasteiger charge is 2.40. The van der Waals surface area contributed by atoms with E-state index in [2.05, 4.69) is 11.9 Å². The molecule has 2 heterocycles. The molecule has 0 fully saturated rings. The molecule has 0 radical (unpaired) electrons. The number of fused-ring (bicyclic) bond motifs is 1. The summed E-state index contributed by atoms with van der Waals surface area (Å²) >= 11 is 1.26. The lowest BCUT2D eigenvalue weighted by atomic mass is 9.93. The molecule has 2 aliphatic rings. The summed E-state index contributed by atoms with van der Waals surface area (Å²) in [6.45, 7) is 2.63. The van der Waals surface area contributed by atoms with Gasteiger partial charge in [-0.05, 0) is 44.2 Å². The SMILES string of the molecule is CCCCOc1nc2cc(N3C(=O)C4=C(CCCC4)C3=O)c(F)cc2s1. The van der Waals surface area contributed by atoms with E-state index >= 15 is 0 Å². The Hall–Kier alpha value is -2.28. The van der Waals surface area contributed by atoms with Gasteiger partial charge < -0.3 is 4.74 Å². The summed E-state index contributed by atoms with van der Waals surface area (Å²) in [6, 6.07) is 2.80. The number of hydrogen-bond acceptors (Lipinski definition) is 5. The number of nitrogens with zero attached hydrogens (tertiary/aromatic N) is 2. The second kappa shape index (κ2) is 6.79. The molecule has 1 aliphatic heterocycles. The van der Waals surface area contributed by atoms with Crippen LogP contribution in [0.3, 0.4) is 0 Å². The van der Waals surface area contributed by atoms with Crippen LogP contribution in [0.15, 0.2) is 23.3 Å². The number of benzene rings is 1. The molecule has 7 heteroatoms. The molecule has 2 amide bonds. The second-order valence-corrected chi connectivity index (χ2v) is 7.56. The standard InChI is InChI=1S/C19H19FN2O3S/c1-2-3-8-25-19-21-14-10-15(13(20)9-16(14)26-19)22-17(23)11-6-4-5-7-12(11)18(22)24/h9-10H,2-8H2,1H3. The van der Waals surface area contributed by atoms with Crippen LogP contribution >= 0.6 is 11.3 Å². The first-order chi connectivity index (χ1) is 12.6. The first-order valence-corrected chi connectivity index (χ1v) is 9.75. The molecule has 136 valence electrons. The number of hydrogen-bond donors (Lipinski definition) is 0. The molecule has 0 saturated carbocycles. The Morgan fingerprint density at radius 2 is 1.88 bits per heavy atom. The number of thiazole rings is 1. The van der Waals surface area contributed by atoms with Crippen molar-refractivity contribution in [2.24, 2.45) is 0 Å². The largest absolute Gasteiger partial charge is 0.470 e. The van der Waals surface area contributed by atoms with Crippen molar-refractivity contribution in [3.63, 3.8) is 0 Å². The van der Waals surface area contributed by atoms with Gasteiger partial charge in [0.15, 0.2) is 0 Å². The summed E-state index contributed by atoms with van der Waals surface area (Å²) in [5, 5.41) is 0.474. The monoisotopic (exact) mass is 374 g/mol. The molecule has 2 aromatic rings. The molecule has 26 heavy (non-hydrogen) atoms. The third kappa shape index (κ3) is 2.80. The maximum atomic E-state index is 14.7. The lowest BCUT2D eigenvalue weighted by Gasteiger charge is -2.15. The molecule has 0 bridgehead atoms. The van der Waals surface area contributed by atoms with Gasteiger partial charge in [-0.25, -0.2) is 14.3 Å². The van der Waals surface area contributed by atoms with Crippen LogP contribution in [0.1, 0.15) is 45.4 Å². The summed E-state index contributed by atoms with van der Waals surface area (Å²) in [7, 11) is 0. The number of anilines is 1. The number of aromatic nitrogens is 1. The minimum absolute atomic E-state index is 0.0210. The molecule has 4 rings (SSSR count). The van der Waals surface area contributed by atoms with Gasteiger partial charge in [-0.15, -0.1) is 0 Å². The van der Waals surface area contributed by atoms with E-state index in [9.17, 15) is 14.0 Å². The maximum Gasteiger partial charge on any atom is 0.274 e. The predicted molar refractivity (Wildman–Crippen MR) is 98.0 cm³/mol. The Bertz CT molecular complexity index is 906. The minimum atomic E-state index is -0.595. The Balaban J connectivity index is 1.67. The average Bonchev–Trinajstić information content (AvgIpc) is 3.13. The van der Waals surface area contributed by atoms with E-state index in [0.29, 0.717) is 46.0 Å². The van der Waals surface area contributed by atoms with Gasteiger partial charge in [-0.3, -0.25) is 9.59 Å². The van der Waals surface area contributed by atoms with Crippen molar-refractivity contribution in [2.45, 2.75) is 45.4 Å². The van der Waals surface area contributed by atoms with E-state index in [1.54, 1.807) is 0 Å². The van der Waals surface area contributed by atoms with Crippen molar-refractivity contribution in [1.29, 1.82) is 0 Å². The molecular weight excluding hydrogens is 355 g/mol. The Morgan fingerprint density at radius 1 is 1.19 bits per heavy atom. The highest BCUT2D eigenvalue weighted by molar-refractivity contribution is 7.20. The third-order valence-corrected chi connectivity index (χ3v) is 5.72. The van der Waals surface area contributed by atoms with E-state index in [1.807, 2.05) is 0 Å². The zero-order valence-corrected chi connectivity index (χ0v) is 15.3. The van der Waals surface area contributed by atoms with Crippen molar-refractivity contribution in [3.8, 4) is 5.19 Å². The van der Waals surface area contributed by atoms with Crippen molar-refractivity contribution in [1.82, 2.24) is 4.98 Å². The lowest BCUT2D eigenvalue weighted by Crippen LogP contribution is -2.32. The Labute approximate surface area is 154 Å². The molecule has 1 aliphatic carbocycles. The van der Waals surface area contributed by atoms with Gasteiger partial charge in [-0.2, -0.15) is 0 Å². The van der Waals surface area contributed by atoms with Gasteiger partial charge in [0, 0.05) is 11.1 Å². The van der Waals surface area contributed by atoms with Crippen LogP contribution in [0.25, 0.3) is 10.2 Å². The number of unbranched alkanes of at least 4 members (excludes halogenated alkanes) is 1. The van der Waals surface area contributed by atoms with Crippen LogP contribution in [0.4, 0.5) is 10.1 Å². The smallest absolute Gasteiger partial charge is 0.274 e. The van der Waals surface area contributed by atoms with Gasteiger partial charge in [0.05, 0.1) is 22.5 Å². The second-order valence-electron chi connectivity index (χ2n) is 6.56. The van der Waals surface area contributed by atoms with Crippen LogP contribution in [-0.4, -0.2) is 23.4 Å². The van der Waals surface area contributed by atoms with Gasteiger partial charge in [0.1, 0.15) is 5.82 Å². The topological polar surface area (TPSA) is 59.5 Å². The molecule has 0 saturated heterocycles. The minimum Gasteiger partial charge on any atom is -0.470 e. The predicted octanol–water partition coefficient (Wildman–Crippen LogP) is 4.36. The first kappa shape index (κ1) is 17.1. The van der Waals surface area contributed by atoms with Gasteiger partial charge in [0.2, 0.25) is 0 Å². The fourth-order valence-corrected chi connectivity index (χ4v) is 4.26. The van der Waals surface area contributed by atoms with E-state index in [-0.39, 0.29) is 5.69 Å². The molecular formula is C19H19FN2O3S. The van der Waals surface area contributed by atoms with Gasteiger partial charge >= 0.3 is 0 Å². The Kier molecular flexibility index (Phi) is 4.48. The zero-order chi connectivity index (χ0) is 18.3. The summed E-state index contributed by atoms with van der Waals surface area (Å²) in [5.74, 6) is -1.38. The lowest BCUT2D eigenvalue weighted by molar-refractivity contribution is -0.120. The molecule has 0 atom stereocenters. The number of imide groups is 1. The maximum absolute atomic E-state index is 14.7. The summed E-state index contributed by atoms with van der Waals surface area (Å²) in [5.41, 5.74) is 1.60. The molecule has 0 N–H and O–H groups in total. The number of rotatable bonds is 5. The first-order valence-electron chi connectivity index (χ1n) is 8.94. The number of halogens is 1. The van der Waals surface area contributed by atoms with E-state index < -0.39 is 17.6 Å².